The van der Waals surface area contributed by atoms with Crippen LogP contribution in [0.1, 0.15) is 20.8 Å². The standard InChI is InChI=1S/C15H20BrNO3S/c1-10(2)11(3)17-14(18)8-20-15(19)9-21-13-6-4-12(16)5-7-13/h4-7,10-11H,8-9H2,1-3H3,(H,17,18). The van der Waals surface area contributed by atoms with Gasteiger partial charge >= 0.3 is 5.97 Å². The molecule has 0 aliphatic carbocycles. The van der Waals surface area contributed by atoms with Crippen LogP contribution < -0.4 is 5.32 Å². The first kappa shape index (κ1) is 18.0. The second kappa shape index (κ2) is 9.10. The van der Waals surface area contributed by atoms with Crippen molar-refractivity contribution in [3.05, 3.63) is 28.7 Å². The van der Waals surface area contributed by atoms with Crippen molar-refractivity contribution in [1.82, 2.24) is 5.32 Å². The quantitative estimate of drug-likeness (QED) is 0.588. The number of esters is 1. The van der Waals surface area contributed by atoms with Crippen LogP contribution in [0.2, 0.25) is 0 Å². The van der Waals surface area contributed by atoms with E-state index in [-0.39, 0.29) is 24.3 Å². The van der Waals surface area contributed by atoms with E-state index in [0.717, 1.165) is 9.37 Å². The van der Waals surface area contributed by atoms with Crippen molar-refractivity contribution >= 4 is 39.6 Å². The van der Waals surface area contributed by atoms with Gasteiger partial charge in [0, 0.05) is 15.4 Å². The van der Waals surface area contributed by atoms with Crippen molar-refractivity contribution in [2.75, 3.05) is 12.4 Å². The minimum Gasteiger partial charge on any atom is -0.455 e. The number of thioether (sulfide) groups is 1. The predicted octanol–water partition coefficient (Wildman–Crippen LogP) is 3.25. The summed E-state index contributed by atoms with van der Waals surface area (Å²) in [6.07, 6.45) is 0. The fourth-order valence-corrected chi connectivity index (χ4v) is 2.28. The van der Waals surface area contributed by atoms with Gasteiger partial charge < -0.3 is 10.1 Å². The number of benzene rings is 1. The van der Waals surface area contributed by atoms with Crippen LogP contribution in [0.15, 0.2) is 33.6 Å². The van der Waals surface area contributed by atoms with E-state index in [2.05, 4.69) is 21.2 Å². The maximum Gasteiger partial charge on any atom is 0.316 e. The highest BCUT2D eigenvalue weighted by molar-refractivity contribution is 9.10. The third kappa shape index (κ3) is 7.52. The summed E-state index contributed by atoms with van der Waals surface area (Å²) in [6.45, 7) is 5.74. The van der Waals surface area contributed by atoms with Crippen molar-refractivity contribution < 1.29 is 14.3 Å². The molecule has 0 radical (unpaired) electrons. The Morgan fingerprint density at radius 1 is 1.24 bits per heavy atom. The van der Waals surface area contributed by atoms with E-state index in [0.29, 0.717) is 5.92 Å². The molecule has 116 valence electrons. The molecule has 1 rings (SSSR count). The van der Waals surface area contributed by atoms with Gasteiger partial charge in [-0.15, -0.1) is 11.8 Å². The molecule has 0 saturated carbocycles. The van der Waals surface area contributed by atoms with E-state index in [9.17, 15) is 9.59 Å². The molecule has 21 heavy (non-hydrogen) atoms. The van der Waals surface area contributed by atoms with Gasteiger partial charge in [0.2, 0.25) is 0 Å². The van der Waals surface area contributed by atoms with Gasteiger partial charge in [-0.3, -0.25) is 9.59 Å². The van der Waals surface area contributed by atoms with Gasteiger partial charge in [0.15, 0.2) is 6.61 Å². The Kier molecular flexibility index (Phi) is 7.82. The molecular formula is C15H20BrNO3S. The van der Waals surface area contributed by atoms with Gasteiger partial charge in [-0.1, -0.05) is 29.8 Å². The normalized spacial score (nSPS) is 12.0. The molecule has 0 heterocycles. The first-order valence-electron chi connectivity index (χ1n) is 6.72. The van der Waals surface area contributed by atoms with Gasteiger partial charge in [0.1, 0.15) is 0 Å². The fraction of sp³-hybridized carbons (Fsp3) is 0.467. The van der Waals surface area contributed by atoms with Crippen molar-refractivity contribution in [3.8, 4) is 0 Å². The molecule has 1 unspecified atom stereocenters. The van der Waals surface area contributed by atoms with E-state index in [1.165, 1.54) is 11.8 Å². The summed E-state index contributed by atoms with van der Waals surface area (Å²) in [6, 6.07) is 7.72. The summed E-state index contributed by atoms with van der Waals surface area (Å²) in [7, 11) is 0. The molecule has 4 nitrogen and oxygen atoms in total. The second-order valence-corrected chi connectivity index (χ2v) is 6.97. The molecule has 1 aromatic rings. The Bertz CT molecular complexity index is 476. The fourth-order valence-electron chi connectivity index (χ4n) is 1.32. The molecular weight excluding hydrogens is 354 g/mol. The highest BCUT2D eigenvalue weighted by Crippen LogP contribution is 2.20. The number of ether oxygens (including phenoxy) is 1. The minimum atomic E-state index is -0.393. The highest BCUT2D eigenvalue weighted by Gasteiger charge is 2.12. The topological polar surface area (TPSA) is 55.4 Å². The van der Waals surface area contributed by atoms with Crippen molar-refractivity contribution in [3.63, 3.8) is 0 Å². The van der Waals surface area contributed by atoms with Crippen LogP contribution in [0, 0.1) is 5.92 Å². The number of halogens is 1. The van der Waals surface area contributed by atoms with Gasteiger partial charge in [0.05, 0.1) is 5.75 Å². The minimum absolute atomic E-state index is 0.0633. The van der Waals surface area contributed by atoms with E-state index < -0.39 is 5.97 Å². The average Bonchev–Trinajstić information content (AvgIpc) is 2.44. The van der Waals surface area contributed by atoms with E-state index >= 15 is 0 Å². The summed E-state index contributed by atoms with van der Waals surface area (Å²) >= 11 is 4.73. The Balaban J connectivity index is 2.25. The van der Waals surface area contributed by atoms with Crippen molar-refractivity contribution in [2.24, 2.45) is 5.92 Å². The van der Waals surface area contributed by atoms with Crippen molar-refractivity contribution in [1.29, 1.82) is 0 Å². The number of carbonyl (C=O) groups is 2. The molecule has 1 atom stereocenters. The van der Waals surface area contributed by atoms with Gasteiger partial charge in [-0.2, -0.15) is 0 Å². The SMILES string of the molecule is CC(C)C(C)NC(=O)COC(=O)CSc1ccc(Br)cc1. The lowest BCUT2D eigenvalue weighted by Gasteiger charge is -2.17. The first-order chi connectivity index (χ1) is 9.88. The molecule has 1 aromatic carbocycles. The second-order valence-electron chi connectivity index (χ2n) is 5.00. The van der Waals surface area contributed by atoms with Crippen LogP contribution in [0.5, 0.6) is 0 Å². The summed E-state index contributed by atoms with van der Waals surface area (Å²) in [5.41, 5.74) is 0. The Morgan fingerprint density at radius 2 is 1.86 bits per heavy atom. The lowest BCUT2D eigenvalue weighted by Crippen LogP contribution is -2.38. The summed E-state index contributed by atoms with van der Waals surface area (Å²) in [5, 5.41) is 2.79. The number of nitrogens with one attached hydrogen (secondary N) is 1. The molecule has 0 saturated heterocycles. The number of carbonyl (C=O) groups excluding carboxylic acids is 2. The monoisotopic (exact) mass is 373 g/mol. The van der Waals surface area contributed by atoms with Crippen LogP contribution in [0.4, 0.5) is 0 Å². The van der Waals surface area contributed by atoms with Crippen LogP contribution in [-0.2, 0) is 14.3 Å². The Hall–Kier alpha value is -1.01. The van der Waals surface area contributed by atoms with Crippen molar-refractivity contribution in [2.45, 2.75) is 31.7 Å². The number of hydrogen-bond acceptors (Lipinski definition) is 4. The number of hydrogen-bond donors (Lipinski definition) is 1. The van der Waals surface area contributed by atoms with Crippen LogP contribution in [0.3, 0.4) is 0 Å². The third-order valence-corrected chi connectivity index (χ3v) is 4.44. The molecule has 0 aliphatic heterocycles. The molecule has 0 aromatic heterocycles. The smallest absolute Gasteiger partial charge is 0.316 e. The van der Waals surface area contributed by atoms with Crippen LogP contribution >= 0.6 is 27.7 Å². The summed E-state index contributed by atoms with van der Waals surface area (Å²) in [4.78, 5) is 24.1. The predicted molar refractivity (Wildman–Crippen MR) is 88.3 cm³/mol. The third-order valence-electron chi connectivity index (χ3n) is 2.92. The molecule has 0 aliphatic rings. The average molecular weight is 374 g/mol. The Morgan fingerprint density at radius 3 is 2.43 bits per heavy atom. The van der Waals surface area contributed by atoms with E-state index in [4.69, 9.17) is 4.74 Å². The zero-order valence-corrected chi connectivity index (χ0v) is 14.8. The van der Waals surface area contributed by atoms with Gasteiger partial charge in [-0.05, 0) is 37.1 Å². The zero-order valence-electron chi connectivity index (χ0n) is 12.4. The largest absolute Gasteiger partial charge is 0.455 e. The van der Waals surface area contributed by atoms with Crippen LogP contribution in [0.25, 0.3) is 0 Å². The molecule has 0 bridgehead atoms. The lowest BCUT2D eigenvalue weighted by atomic mass is 10.1. The molecule has 6 heteroatoms. The maximum atomic E-state index is 11.6. The van der Waals surface area contributed by atoms with Gasteiger partial charge in [0.25, 0.3) is 5.91 Å². The number of amides is 1. The first-order valence-corrected chi connectivity index (χ1v) is 8.49. The molecule has 1 amide bonds. The van der Waals surface area contributed by atoms with E-state index in [1.54, 1.807) is 0 Å². The molecule has 0 fully saturated rings. The van der Waals surface area contributed by atoms with E-state index in [1.807, 2.05) is 45.0 Å². The highest BCUT2D eigenvalue weighted by atomic mass is 79.9. The Labute approximate surface area is 138 Å². The molecule has 0 spiro atoms. The number of rotatable bonds is 7. The maximum absolute atomic E-state index is 11.6. The van der Waals surface area contributed by atoms with Gasteiger partial charge in [-0.25, -0.2) is 0 Å². The lowest BCUT2D eigenvalue weighted by molar-refractivity contribution is -0.146. The molecule has 1 N–H and O–H groups in total. The zero-order chi connectivity index (χ0) is 15.8. The summed E-state index contributed by atoms with van der Waals surface area (Å²) in [5.74, 6) is -0.125. The van der Waals surface area contributed by atoms with Crippen LogP contribution in [-0.4, -0.2) is 30.3 Å². The summed E-state index contributed by atoms with van der Waals surface area (Å²) < 4.78 is 5.94.